The average Bonchev–Trinajstić information content (AvgIpc) is 2.55. The number of benzene rings is 2. The Morgan fingerprint density at radius 2 is 1.36 bits per heavy atom. The van der Waals surface area contributed by atoms with Gasteiger partial charge in [0.15, 0.2) is 0 Å². The highest BCUT2D eigenvalue weighted by atomic mass is 14.0. The minimum Gasteiger partial charge on any atom is -0.0654 e. The Balaban J connectivity index is 2.07. The van der Waals surface area contributed by atoms with Crippen molar-refractivity contribution in [2.45, 2.75) is 52.9 Å². The van der Waals surface area contributed by atoms with Gasteiger partial charge in [-0.3, -0.25) is 0 Å². The van der Waals surface area contributed by atoms with Gasteiger partial charge in [0.05, 0.1) is 0 Å². The van der Waals surface area contributed by atoms with Gasteiger partial charge in [-0.15, -0.1) is 0 Å². The standard InChI is InChI=1S/C22H28/c1-4-6-8-20-13-15-22(16-14-20)18(3)17-21-11-9-19(7-5-2)10-12-21/h9-17H,4-8H2,1-3H3. The molecule has 0 amide bonds. The molecule has 2 rings (SSSR count). The largest absolute Gasteiger partial charge is 0.0654 e. The highest BCUT2D eigenvalue weighted by molar-refractivity contribution is 5.80. The maximum Gasteiger partial charge on any atom is -0.0227 e. The summed E-state index contributed by atoms with van der Waals surface area (Å²) in [6.07, 6.45) is 8.38. The predicted molar refractivity (Wildman–Crippen MR) is 99.0 cm³/mol. The lowest BCUT2D eigenvalue weighted by Gasteiger charge is -2.05. The molecular formula is C22H28. The molecule has 0 aliphatic heterocycles. The highest BCUT2D eigenvalue weighted by Crippen LogP contribution is 2.19. The molecule has 0 bridgehead atoms. The van der Waals surface area contributed by atoms with Crippen molar-refractivity contribution in [1.82, 2.24) is 0 Å². The third kappa shape index (κ3) is 4.87. The molecule has 0 heterocycles. The third-order valence-corrected chi connectivity index (χ3v) is 4.13. The molecule has 0 fully saturated rings. The summed E-state index contributed by atoms with van der Waals surface area (Å²) in [6.45, 7) is 6.66. The maximum absolute atomic E-state index is 2.27. The predicted octanol–water partition coefficient (Wildman–Crippen LogP) is 6.54. The maximum atomic E-state index is 2.27. The van der Waals surface area contributed by atoms with Crippen LogP contribution >= 0.6 is 0 Å². The zero-order chi connectivity index (χ0) is 15.8. The van der Waals surface area contributed by atoms with Crippen LogP contribution in [0.2, 0.25) is 0 Å². The molecule has 0 aromatic heterocycles. The molecule has 0 saturated carbocycles. The van der Waals surface area contributed by atoms with E-state index in [1.807, 2.05) is 0 Å². The molecule has 0 aliphatic carbocycles. The molecule has 0 nitrogen and oxygen atoms in total. The van der Waals surface area contributed by atoms with E-state index in [2.05, 4.69) is 75.4 Å². The Hall–Kier alpha value is -1.82. The Labute approximate surface area is 135 Å². The summed E-state index contributed by atoms with van der Waals surface area (Å²) in [7, 11) is 0. The molecule has 0 aliphatic rings. The van der Waals surface area contributed by atoms with Crippen LogP contribution in [-0.4, -0.2) is 0 Å². The van der Waals surface area contributed by atoms with Gasteiger partial charge in [-0.05, 0) is 54.0 Å². The molecule has 22 heavy (non-hydrogen) atoms. The van der Waals surface area contributed by atoms with E-state index in [1.165, 1.54) is 59.9 Å². The first-order chi connectivity index (χ1) is 10.7. The first-order valence-electron chi connectivity index (χ1n) is 8.59. The summed E-state index contributed by atoms with van der Waals surface area (Å²) in [5, 5.41) is 0. The van der Waals surface area contributed by atoms with Crippen molar-refractivity contribution in [3.63, 3.8) is 0 Å². The summed E-state index contributed by atoms with van der Waals surface area (Å²) in [6, 6.07) is 18.0. The van der Waals surface area contributed by atoms with Crippen LogP contribution in [0.5, 0.6) is 0 Å². The van der Waals surface area contributed by atoms with Crippen molar-refractivity contribution in [1.29, 1.82) is 0 Å². The highest BCUT2D eigenvalue weighted by Gasteiger charge is 1.98. The second-order valence-electron chi connectivity index (χ2n) is 6.12. The summed E-state index contributed by atoms with van der Waals surface area (Å²) < 4.78 is 0. The van der Waals surface area contributed by atoms with Crippen LogP contribution in [0.25, 0.3) is 11.6 Å². The van der Waals surface area contributed by atoms with Crippen LogP contribution in [0.4, 0.5) is 0 Å². The van der Waals surface area contributed by atoms with Crippen LogP contribution in [0.15, 0.2) is 48.5 Å². The summed E-state index contributed by atoms with van der Waals surface area (Å²) in [5.74, 6) is 0. The molecule has 2 aromatic carbocycles. The van der Waals surface area contributed by atoms with Gasteiger partial charge in [0.25, 0.3) is 0 Å². The van der Waals surface area contributed by atoms with Crippen molar-refractivity contribution >= 4 is 11.6 Å². The molecule has 0 unspecified atom stereocenters. The Kier molecular flexibility index (Phi) is 6.45. The van der Waals surface area contributed by atoms with Gasteiger partial charge in [-0.1, -0.05) is 81.3 Å². The minimum absolute atomic E-state index is 1.17. The van der Waals surface area contributed by atoms with E-state index in [1.54, 1.807) is 0 Å². The monoisotopic (exact) mass is 292 g/mol. The molecule has 116 valence electrons. The molecule has 0 atom stereocenters. The normalized spacial score (nSPS) is 11.7. The number of allylic oxidation sites excluding steroid dienone is 1. The Morgan fingerprint density at radius 3 is 1.95 bits per heavy atom. The summed E-state index contributed by atoms with van der Waals surface area (Å²) in [5.41, 5.74) is 6.80. The van der Waals surface area contributed by atoms with Gasteiger partial charge in [-0.25, -0.2) is 0 Å². The quantitative estimate of drug-likeness (QED) is 0.508. The van der Waals surface area contributed by atoms with E-state index < -0.39 is 0 Å². The molecule has 2 aromatic rings. The molecule has 0 spiro atoms. The lowest BCUT2D eigenvalue weighted by Crippen LogP contribution is -1.87. The summed E-state index contributed by atoms with van der Waals surface area (Å²) >= 11 is 0. The zero-order valence-corrected chi connectivity index (χ0v) is 14.2. The van der Waals surface area contributed by atoms with Crippen LogP contribution in [0.3, 0.4) is 0 Å². The number of rotatable bonds is 7. The number of hydrogen-bond acceptors (Lipinski definition) is 0. The fraction of sp³-hybridized carbons (Fsp3) is 0.364. The lowest BCUT2D eigenvalue weighted by atomic mass is 10.0. The number of hydrogen-bond donors (Lipinski definition) is 0. The fourth-order valence-electron chi connectivity index (χ4n) is 2.72. The molecule has 0 N–H and O–H groups in total. The van der Waals surface area contributed by atoms with E-state index in [0.717, 1.165) is 0 Å². The topological polar surface area (TPSA) is 0 Å². The van der Waals surface area contributed by atoms with Crippen molar-refractivity contribution < 1.29 is 0 Å². The van der Waals surface area contributed by atoms with Gasteiger partial charge in [0, 0.05) is 0 Å². The molecule has 0 saturated heterocycles. The summed E-state index contributed by atoms with van der Waals surface area (Å²) in [4.78, 5) is 0. The van der Waals surface area contributed by atoms with Crippen LogP contribution in [0.1, 0.15) is 62.3 Å². The van der Waals surface area contributed by atoms with Crippen molar-refractivity contribution in [2.24, 2.45) is 0 Å². The van der Waals surface area contributed by atoms with Gasteiger partial charge in [-0.2, -0.15) is 0 Å². The average molecular weight is 292 g/mol. The van der Waals surface area contributed by atoms with Crippen molar-refractivity contribution in [2.75, 3.05) is 0 Å². The van der Waals surface area contributed by atoms with E-state index in [9.17, 15) is 0 Å². The lowest BCUT2D eigenvalue weighted by molar-refractivity contribution is 0.795. The van der Waals surface area contributed by atoms with Gasteiger partial charge in [0.2, 0.25) is 0 Å². The third-order valence-electron chi connectivity index (χ3n) is 4.13. The van der Waals surface area contributed by atoms with E-state index in [-0.39, 0.29) is 0 Å². The number of unbranched alkanes of at least 4 members (excludes halogenated alkanes) is 1. The van der Waals surface area contributed by atoms with Crippen LogP contribution in [-0.2, 0) is 12.8 Å². The zero-order valence-electron chi connectivity index (χ0n) is 14.2. The van der Waals surface area contributed by atoms with Crippen LogP contribution < -0.4 is 0 Å². The second kappa shape index (κ2) is 8.58. The minimum atomic E-state index is 1.17. The van der Waals surface area contributed by atoms with Gasteiger partial charge in [0.1, 0.15) is 0 Å². The molecule has 0 radical (unpaired) electrons. The van der Waals surface area contributed by atoms with E-state index in [0.29, 0.717) is 0 Å². The van der Waals surface area contributed by atoms with Gasteiger partial charge < -0.3 is 0 Å². The van der Waals surface area contributed by atoms with Crippen molar-refractivity contribution in [3.8, 4) is 0 Å². The van der Waals surface area contributed by atoms with E-state index in [4.69, 9.17) is 0 Å². The SMILES string of the molecule is CCCCc1ccc(C(C)=Cc2ccc(CCC)cc2)cc1. The number of aryl methyl sites for hydroxylation is 2. The van der Waals surface area contributed by atoms with E-state index >= 15 is 0 Å². The van der Waals surface area contributed by atoms with Gasteiger partial charge >= 0.3 is 0 Å². The Morgan fingerprint density at radius 1 is 0.773 bits per heavy atom. The van der Waals surface area contributed by atoms with Crippen LogP contribution in [0, 0.1) is 0 Å². The fourth-order valence-corrected chi connectivity index (χ4v) is 2.72. The molecule has 0 heteroatoms. The first-order valence-corrected chi connectivity index (χ1v) is 8.59. The smallest absolute Gasteiger partial charge is 0.0227 e. The second-order valence-corrected chi connectivity index (χ2v) is 6.12. The molecular weight excluding hydrogens is 264 g/mol. The van der Waals surface area contributed by atoms with Crippen molar-refractivity contribution in [3.05, 3.63) is 70.8 Å². The first kappa shape index (κ1) is 16.5. The Bertz CT molecular complexity index is 585.